The molecule has 6 nitrogen and oxygen atoms in total. The number of hydrogen-bond donors (Lipinski definition) is 1. The van der Waals surface area contributed by atoms with E-state index in [-0.39, 0.29) is 6.61 Å². The smallest absolute Gasteiger partial charge is 0.157 e. The first kappa shape index (κ1) is 19.7. The Morgan fingerprint density at radius 3 is 2.78 bits per heavy atom. The van der Waals surface area contributed by atoms with Crippen molar-refractivity contribution in [3.63, 3.8) is 0 Å². The number of aliphatic hydroxyl groups is 1. The second-order valence-electron chi connectivity index (χ2n) is 9.28. The van der Waals surface area contributed by atoms with E-state index in [0.717, 1.165) is 61.1 Å². The molecule has 6 rings (SSSR count). The van der Waals surface area contributed by atoms with Crippen LogP contribution in [-0.2, 0) is 13.1 Å². The van der Waals surface area contributed by atoms with E-state index in [0.29, 0.717) is 0 Å². The zero-order chi connectivity index (χ0) is 21.8. The van der Waals surface area contributed by atoms with Crippen LogP contribution >= 0.6 is 0 Å². The van der Waals surface area contributed by atoms with Gasteiger partial charge in [0, 0.05) is 38.2 Å². The van der Waals surface area contributed by atoms with Gasteiger partial charge < -0.3 is 23.9 Å². The fourth-order valence-corrected chi connectivity index (χ4v) is 5.26. The van der Waals surface area contributed by atoms with Crippen LogP contribution in [0.15, 0.2) is 36.4 Å². The van der Waals surface area contributed by atoms with E-state index in [1.807, 2.05) is 0 Å². The van der Waals surface area contributed by atoms with Gasteiger partial charge in [0.1, 0.15) is 11.3 Å². The molecule has 0 amide bonds. The van der Waals surface area contributed by atoms with Crippen molar-refractivity contribution in [2.75, 3.05) is 31.7 Å². The van der Waals surface area contributed by atoms with Crippen LogP contribution in [-0.4, -0.2) is 46.0 Å². The van der Waals surface area contributed by atoms with Gasteiger partial charge in [-0.2, -0.15) is 0 Å². The predicted molar refractivity (Wildman–Crippen MR) is 129 cm³/mol. The Morgan fingerprint density at radius 1 is 1.12 bits per heavy atom. The van der Waals surface area contributed by atoms with E-state index in [2.05, 4.69) is 57.4 Å². The summed E-state index contributed by atoms with van der Waals surface area (Å²) in [6.45, 7) is 6.06. The number of anilines is 1. The summed E-state index contributed by atoms with van der Waals surface area (Å²) in [6, 6.07) is 13.1. The average Bonchev–Trinajstić information content (AvgIpc) is 3.44. The Labute approximate surface area is 188 Å². The predicted octanol–water partition coefficient (Wildman–Crippen LogP) is 4.59. The first-order valence-corrected chi connectivity index (χ1v) is 11.7. The van der Waals surface area contributed by atoms with Crippen molar-refractivity contribution in [2.45, 2.75) is 39.3 Å². The summed E-state index contributed by atoms with van der Waals surface area (Å²) >= 11 is 0. The van der Waals surface area contributed by atoms with Crippen molar-refractivity contribution in [1.29, 1.82) is 0 Å². The summed E-state index contributed by atoms with van der Waals surface area (Å²) < 4.78 is 10.7. The number of methoxy groups -OCH3 is 1. The standard InChI is InChI=1S/C26H30N4O2/c1-17-13-20-25(23(14-17)32-2)30(16-18-7-8-18)26(27-20)22-15-19-5-3-6-21-24(19)29(22)11-10-28(21)9-4-12-31/h3,5-6,13-15,18,31H,4,7-12,16H2,1-2H3. The number of aliphatic hydroxyl groups excluding tert-OH is 1. The largest absolute Gasteiger partial charge is 0.494 e. The molecule has 2 aromatic carbocycles. The van der Waals surface area contributed by atoms with Gasteiger partial charge in [0.25, 0.3) is 0 Å². The van der Waals surface area contributed by atoms with Gasteiger partial charge >= 0.3 is 0 Å². The zero-order valence-corrected chi connectivity index (χ0v) is 18.8. The summed E-state index contributed by atoms with van der Waals surface area (Å²) in [7, 11) is 1.75. The second-order valence-corrected chi connectivity index (χ2v) is 9.28. The summed E-state index contributed by atoms with van der Waals surface area (Å²) in [4.78, 5) is 7.58. The van der Waals surface area contributed by atoms with Gasteiger partial charge in [0.05, 0.1) is 29.5 Å². The van der Waals surface area contributed by atoms with Gasteiger partial charge in [0.2, 0.25) is 0 Å². The minimum absolute atomic E-state index is 0.227. The number of aromatic nitrogens is 3. The summed E-state index contributed by atoms with van der Waals surface area (Å²) in [5.41, 5.74) is 7.01. The lowest BCUT2D eigenvalue weighted by molar-refractivity contribution is 0.289. The van der Waals surface area contributed by atoms with Gasteiger partial charge in [-0.25, -0.2) is 4.98 Å². The summed E-state index contributed by atoms with van der Waals surface area (Å²) in [5.74, 6) is 2.68. The number of benzene rings is 2. The molecule has 0 radical (unpaired) electrons. The number of ether oxygens (including phenoxy) is 1. The number of rotatable bonds is 7. The molecular formula is C26H30N4O2. The number of fused-ring (bicyclic) bond motifs is 1. The van der Waals surface area contributed by atoms with Crippen molar-refractivity contribution >= 4 is 27.6 Å². The van der Waals surface area contributed by atoms with Crippen LogP contribution in [0.5, 0.6) is 5.75 Å². The fourth-order valence-electron chi connectivity index (χ4n) is 5.26. The van der Waals surface area contributed by atoms with Gasteiger partial charge in [0.15, 0.2) is 5.82 Å². The van der Waals surface area contributed by atoms with E-state index in [9.17, 15) is 5.11 Å². The highest BCUT2D eigenvalue weighted by Gasteiger charge is 2.29. The molecule has 1 fully saturated rings. The van der Waals surface area contributed by atoms with E-state index < -0.39 is 0 Å². The molecule has 166 valence electrons. The molecule has 0 bridgehead atoms. The van der Waals surface area contributed by atoms with Crippen molar-refractivity contribution in [3.8, 4) is 17.3 Å². The molecule has 0 unspecified atom stereocenters. The van der Waals surface area contributed by atoms with Crippen LogP contribution in [0.1, 0.15) is 24.8 Å². The van der Waals surface area contributed by atoms with Gasteiger partial charge in [-0.05, 0) is 61.9 Å². The number of hydrogen-bond acceptors (Lipinski definition) is 4. The third kappa shape index (κ3) is 3.08. The van der Waals surface area contributed by atoms with E-state index in [4.69, 9.17) is 9.72 Å². The molecule has 1 saturated carbocycles. The van der Waals surface area contributed by atoms with Gasteiger partial charge in [-0.3, -0.25) is 0 Å². The minimum atomic E-state index is 0.227. The van der Waals surface area contributed by atoms with E-state index >= 15 is 0 Å². The van der Waals surface area contributed by atoms with Crippen LogP contribution in [0.2, 0.25) is 0 Å². The van der Waals surface area contributed by atoms with Gasteiger partial charge in [-0.15, -0.1) is 0 Å². The Kier molecular flexibility index (Phi) is 4.65. The highest BCUT2D eigenvalue weighted by molar-refractivity contribution is 5.97. The lowest BCUT2D eigenvalue weighted by Gasteiger charge is -2.31. The summed E-state index contributed by atoms with van der Waals surface area (Å²) in [5, 5.41) is 10.6. The molecule has 6 heteroatoms. The van der Waals surface area contributed by atoms with Crippen molar-refractivity contribution < 1.29 is 9.84 Å². The topological polar surface area (TPSA) is 55.4 Å². The van der Waals surface area contributed by atoms with Crippen LogP contribution in [0.25, 0.3) is 33.5 Å². The second kappa shape index (κ2) is 7.55. The van der Waals surface area contributed by atoms with Gasteiger partial charge in [-0.1, -0.05) is 12.1 Å². The first-order valence-electron chi connectivity index (χ1n) is 11.7. The maximum absolute atomic E-state index is 9.32. The molecule has 1 aliphatic carbocycles. The molecule has 0 atom stereocenters. The molecule has 0 saturated heterocycles. The van der Waals surface area contributed by atoms with Crippen molar-refractivity contribution in [1.82, 2.24) is 14.1 Å². The van der Waals surface area contributed by atoms with Crippen molar-refractivity contribution in [3.05, 3.63) is 42.0 Å². The Morgan fingerprint density at radius 2 is 2.00 bits per heavy atom. The third-order valence-corrected chi connectivity index (χ3v) is 6.96. The monoisotopic (exact) mass is 430 g/mol. The normalized spacial score (nSPS) is 15.8. The Balaban J connectivity index is 1.57. The molecule has 0 spiro atoms. The molecule has 4 aromatic rings. The molecule has 2 aromatic heterocycles. The highest BCUT2D eigenvalue weighted by Crippen LogP contribution is 2.41. The SMILES string of the molecule is COc1cc(C)cc2nc(-c3cc4cccc5c4n3CCN5CCCO)n(CC3CC3)c12. The number of nitrogens with zero attached hydrogens (tertiary/aromatic N) is 4. The van der Waals surface area contributed by atoms with Crippen LogP contribution < -0.4 is 9.64 Å². The average molecular weight is 431 g/mol. The summed E-state index contributed by atoms with van der Waals surface area (Å²) in [6.07, 6.45) is 3.38. The number of imidazole rings is 1. The first-order chi connectivity index (χ1) is 15.7. The quantitative estimate of drug-likeness (QED) is 0.466. The van der Waals surface area contributed by atoms with Crippen LogP contribution in [0.4, 0.5) is 5.69 Å². The maximum Gasteiger partial charge on any atom is 0.157 e. The number of para-hydroxylation sites is 1. The van der Waals surface area contributed by atoms with Crippen LogP contribution in [0.3, 0.4) is 0 Å². The molecule has 1 N–H and O–H groups in total. The zero-order valence-electron chi connectivity index (χ0n) is 18.8. The van der Waals surface area contributed by atoms with E-state index in [1.165, 1.54) is 40.7 Å². The maximum atomic E-state index is 9.32. The number of aryl methyl sites for hydroxylation is 1. The lowest BCUT2D eigenvalue weighted by atomic mass is 10.1. The lowest BCUT2D eigenvalue weighted by Crippen LogP contribution is -2.33. The fraction of sp³-hybridized carbons (Fsp3) is 0.423. The molecule has 3 heterocycles. The van der Waals surface area contributed by atoms with Crippen LogP contribution in [0, 0.1) is 12.8 Å². The minimum Gasteiger partial charge on any atom is -0.494 e. The highest BCUT2D eigenvalue weighted by atomic mass is 16.5. The molecule has 32 heavy (non-hydrogen) atoms. The third-order valence-electron chi connectivity index (χ3n) is 6.96. The Bertz CT molecular complexity index is 1310. The molecular weight excluding hydrogens is 400 g/mol. The van der Waals surface area contributed by atoms with Crippen molar-refractivity contribution in [2.24, 2.45) is 5.92 Å². The van der Waals surface area contributed by atoms with E-state index in [1.54, 1.807) is 7.11 Å². The molecule has 2 aliphatic rings. The Hall–Kier alpha value is -2.99. The molecule has 1 aliphatic heterocycles.